The maximum absolute atomic E-state index is 10.6. The fraction of sp³-hybridized carbons (Fsp3) is 0.882. The minimum Gasteiger partial charge on any atom is -0.393 e. The third-order valence-electron chi connectivity index (χ3n) is 5.21. The summed E-state index contributed by atoms with van der Waals surface area (Å²) in [5, 5.41) is 10.6. The Kier molecular flexibility index (Phi) is 5.47. The molecule has 0 amide bonds. The van der Waals surface area contributed by atoms with Crippen molar-refractivity contribution in [3.63, 3.8) is 0 Å². The first-order valence-corrected chi connectivity index (χ1v) is 7.96. The molecule has 0 aromatic carbocycles. The lowest BCUT2D eigenvalue weighted by Gasteiger charge is -2.44. The number of aliphatic hydroxyl groups excluding tert-OH is 1. The zero-order valence-corrected chi connectivity index (χ0v) is 14.0. The molecular formula is C17H30O4. The Morgan fingerprint density at radius 3 is 2.52 bits per heavy atom. The van der Waals surface area contributed by atoms with Crippen LogP contribution in [-0.4, -0.2) is 49.8 Å². The Balaban J connectivity index is 2.14. The van der Waals surface area contributed by atoms with E-state index in [0.717, 1.165) is 19.4 Å². The number of aliphatic hydroxyl groups is 1. The monoisotopic (exact) mass is 298 g/mol. The predicted octanol–water partition coefficient (Wildman–Crippen LogP) is 2.55. The van der Waals surface area contributed by atoms with Crippen molar-refractivity contribution < 1.29 is 19.3 Å². The van der Waals surface area contributed by atoms with Gasteiger partial charge in [-0.05, 0) is 39.0 Å². The molecule has 0 radical (unpaired) electrons. The standard InChI is InChI=1S/C17H30O4/c1-11(2)6-7-13(18)12(3)15-16(20-5)14(19-4)8-9-17(15)10-21-17/h6,12-16,18H,7-10H2,1-5H3/t12-,13?,14?,15?,16?,17+/m1/s1. The first-order chi connectivity index (χ1) is 9.95. The van der Waals surface area contributed by atoms with E-state index in [9.17, 15) is 5.11 Å². The van der Waals surface area contributed by atoms with Crippen LogP contribution >= 0.6 is 0 Å². The van der Waals surface area contributed by atoms with Gasteiger partial charge in [-0.15, -0.1) is 0 Å². The van der Waals surface area contributed by atoms with E-state index in [2.05, 4.69) is 26.8 Å². The molecule has 0 aromatic rings. The van der Waals surface area contributed by atoms with Gasteiger partial charge in [0.15, 0.2) is 0 Å². The Bertz CT molecular complexity index is 371. The molecular weight excluding hydrogens is 268 g/mol. The van der Waals surface area contributed by atoms with Crippen LogP contribution in [0.4, 0.5) is 0 Å². The highest BCUT2D eigenvalue weighted by Crippen LogP contribution is 2.51. The van der Waals surface area contributed by atoms with Crippen LogP contribution in [0.3, 0.4) is 0 Å². The van der Waals surface area contributed by atoms with Crippen LogP contribution in [0.5, 0.6) is 0 Å². The summed E-state index contributed by atoms with van der Waals surface area (Å²) in [5.41, 5.74) is 1.14. The molecule has 4 nitrogen and oxygen atoms in total. The zero-order chi connectivity index (χ0) is 15.6. The molecule has 122 valence electrons. The molecule has 2 fully saturated rings. The molecule has 21 heavy (non-hydrogen) atoms. The van der Waals surface area contributed by atoms with Gasteiger partial charge in [-0.25, -0.2) is 0 Å². The topological polar surface area (TPSA) is 51.2 Å². The number of hydrogen-bond acceptors (Lipinski definition) is 4. The van der Waals surface area contributed by atoms with E-state index in [1.165, 1.54) is 5.57 Å². The maximum Gasteiger partial charge on any atom is 0.0974 e. The second-order valence-corrected chi connectivity index (χ2v) is 6.84. The molecule has 1 heterocycles. The quantitative estimate of drug-likeness (QED) is 0.605. The second-order valence-electron chi connectivity index (χ2n) is 6.84. The van der Waals surface area contributed by atoms with E-state index >= 15 is 0 Å². The summed E-state index contributed by atoms with van der Waals surface area (Å²) in [6.45, 7) is 7.01. The third-order valence-corrected chi connectivity index (χ3v) is 5.21. The molecule has 1 aliphatic heterocycles. The highest BCUT2D eigenvalue weighted by Gasteiger charge is 2.60. The van der Waals surface area contributed by atoms with Gasteiger partial charge in [0.1, 0.15) is 0 Å². The van der Waals surface area contributed by atoms with Crippen molar-refractivity contribution in [3.05, 3.63) is 11.6 Å². The molecule has 1 aliphatic carbocycles. The first-order valence-electron chi connectivity index (χ1n) is 7.96. The normalized spacial score (nSPS) is 38.1. The van der Waals surface area contributed by atoms with Gasteiger partial charge in [-0.2, -0.15) is 0 Å². The lowest BCUT2D eigenvalue weighted by atomic mass is 9.68. The summed E-state index contributed by atoms with van der Waals surface area (Å²) in [6.07, 6.45) is 4.44. The number of epoxide rings is 1. The largest absolute Gasteiger partial charge is 0.393 e. The molecule has 0 bridgehead atoms. The summed E-state index contributed by atoms with van der Waals surface area (Å²) in [5.74, 6) is 0.299. The summed E-state index contributed by atoms with van der Waals surface area (Å²) < 4.78 is 17.2. The minimum absolute atomic E-state index is 0.0115. The lowest BCUT2D eigenvalue weighted by Crippen LogP contribution is -2.53. The molecule has 6 atom stereocenters. The third kappa shape index (κ3) is 3.50. The van der Waals surface area contributed by atoms with Crippen molar-refractivity contribution >= 4 is 0 Å². The Morgan fingerprint density at radius 2 is 2.05 bits per heavy atom. The van der Waals surface area contributed by atoms with Gasteiger partial charge in [0.25, 0.3) is 0 Å². The van der Waals surface area contributed by atoms with Crippen LogP contribution in [0.2, 0.25) is 0 Å². The van der Waals surface area contributed by atoms with E-state index in [1.807, 2.05) is 0 Å². The number of methoxy groups -OCH3 is 2. The minimum atomic E-state index is -0.376. The van der Waals surface area contributed by atoms with E-state index in [0.29, 0.717) is 6.42 Å². The van der Waals surface area contributed by atoms with Crippen molar-refractivity contribution in [2.24, 2.45) is 11.8 Å². The van der Waals surface area contributed by atoms with Crippen LogP contribution in [0.25, 0.3) is 0 Å². The van der Waals surface area contributed by atoms with Crippen molar-refractivity contribution in [2.45, 2.75) is 63.9 Å². The van der Waals surface area contributed by atoms with E-state index < -0.39 is 0 Å². The molecule has 4 heteroatoms. The maximum atomic E-state index is 10.6. The van der Waals surface area contributed by atoms with E-state index in [-0.39, 0.29) is 35.7 Å². The number of rotatable bonds is 6. The van der Waals surface area contributed by atoms with E-state index in [1.54, 1.807) is 14.2 Å². The van der Waals surface area contributed by atoms with Crippen LogP contribution in [-0.2, 0) is 14.2 Å². The van der Waals surface area contributed by atoms with Gasteiger partial charge in [-0.3, -0.25) is 0 Å². The molecule has 2 rings (SSSR count). The molecule has 1 N–H and O–H groups in total. The van der Waals surface area contributed by atoms with Crippen molar-refractivity contribution in [1.82, 2.24) is 0 Å². The average molecular weight is 298 g/mol. The van der Waals surface area contributed by atoms with Crippen LogP contribution < -0.4 is 0 Å². The molecule has 1 saturated carbocycles. The fourth-order valence-electron chi connectivity index (χ4n) is 3.82. The van der Waals surface area contributed by atoms with Crippen molar-refractivity contribution in [1.29, 1.82) is 0 Å². The van der Waals surface area contributed by atoms with Crippen LogP contribution in [0.1, 0.15) is 40.0 Å². The van der Waals surface area contributed by atoms with Crippen molar-refractivity contribution in [3.8, 4) is 0 Å². The first kappa shape index (κ1) is 16.9. The van der Waals surface area contributed by atoms with Gasteiger partial charge in [-0.1, -0.05) is 18.6 Å². The van der Waals surface area contributed by atoms with Crippen molar-refractivity contribution in [2.75, 3.05) is 20.8 Å². The van der Waals surface area contributed by atoms with Gasteiger partial charge in [0.05, 0.1) is 30.5 Å². The van der Waals surface area contributed by atoms with Gasteiger partial charge in [0, 0.05) is 20.1 Å². The van der Waals surface area contributed by atoms with Gasteiger partial charge < -0.3 is 19.3 Å². The molecule has 1 saturated heterocycles. The SMILES string of the molecule is COC1CC[C@]2(CO2)C([C@H](C)C(O)CC=C(C)C)C1OC. The van der Waals surface area contributed by atoms with Gasteiger partial charge >= 0.3 is 0 Å². The molecule has 4 unspecified atom stereocenters. The molecule has 1 spiro atoms. The number of hydrogen-bond donors (Lipinski definition) is 1. The van der Waals surface area contributed by atoms with Crippen LogP contribution in [0.15, 0.2) is 11.6 Å². The summed E-state index contributed by atoms with van der Waals surface area (Å²) >= 11 is 0. The van der Waals surface area contributed by atoms with E-state index in [4.69, 9.17) is 14.2 Å². The predicted molar refractivity (Wildman–Crippen MR) is 82.2 cm³/mol. The second kappa shape index (κ2) is 6.78. The average Bonchev–Trinajstić information content (AvgIpc) is 3.23. The smallest absolute Gasteiger partial charge is 0.0974 e. The van der Waals surface area contributed by atoms with Crippen LogP contribution in [0, 0.1) is 11.8 Å². The summed E-state index contributed by atoms with van der Waals surface area (Å²) in [6, 6.07) is 0. The number of allylic oxidation sites excluding steroid dienone is 1. The highest BCUT2D eigenvalue weighted by molar-refractivity contribution is 5.09. The Hall–Kier alpha value is -0.420. The molecule has 0 aromatic heterocycles. The summed E-state index contributed by atoms with van der Waals surface area (Å²) in [4.78, 5) is 0. The zero-order valence-electron chi connectivity index (χ0n) is 14.0. The fourth-order valence-corrected chi connectivity index (χ4v) is 3.82. The highest BCUT2D eigenvalue weighted by atomic mass is 16.6. The summed E-state index contributed by atoms with van der Waals surface area (Å²) in [7, 11) is 3.48. The molecule has 2 aliphatic rings. The number of ether oxygens (including phenoxy) is 3. The van der Waals surface area contributed by atoms with Gasteiger partial charge in [0.2, 0.25) is 0 Å². The Morgan fingerprint density at radius 1 is 1.38 bits per heavy atom. The lowest BCUT2D eigenvalue weighted by molar-refractivity contribution is -0.135. The Labute approximate surface area is 128 Å².